The molecule has 0 bridgehead atoms. The molecule has 140 valence electrons. The lowest BCUT2D eigenvalue weighted by Crippen LogP contribution is -2.26. The highest BCUT2D eigenvalue weighted by molar-refractivity contribution is 7.89. The number of nitrogens with one attached hydrogen (secondary N) is 1. The van der Waals surface area contributed by atoms with Crippen molar-refractivity contribution < 1.29 is 17.9 Å². The molecule has 0 radical (unpaired) electrons. The van der Waals surface area contributed by atoms with E-state index in [0.29, 0.717) is 5.75 Å². The minimum absolute atomic E-state index is 0.0426. The van der Waals surface area contributed by atoms with Gasteiger partial charge in [-0.25, -0.2) is 12.7 Å². The van der Waals surface area contributed by atoms with Gasteiger partial charge in [0.15, 0.2) is 6.61 Å². The van der Waals surface area contributed by atoms with E-state index >= 15 is 0 Å². The monoisotopic (exact) mass is 376 g/mol. The van der Waals surface area contributed by atoms with E-state index in [1.807, 2.05) is 32.9 Å². The Morgan fingerprint density at radius 2 is 1.65 bits per heavy atom. The Balaban J connectivity index is 2.15. The summed E-state index contributed by atoms with van der Waals surface area (Å²) < 4.78 is 31.5. The lowest BCUT2D eigenvalue weighted by molar-refractivity contribution is -0.118. The summed E-state index contributed by atoms with van der Waals surface area (Å²) in [5, 5.41) is 2.62. The van der Waals surface area contributed by atoms with Gasteiger partial charge in [-0.1, -0.05) is 29.8 Å². The molecule has 2 aromatic carbocycles. The Kier molecular flexibility index (Phi) is 6.05. The molecule has 7 heteroatoms. The second-order valence-corrected chi connectivity index (χ2v) is 8.47. The molecule has 1 amide bonds. The smallest absolute Gasteiger partial charge is 0.262 e. The van der Waals surface area contributed by atoms with Crippen LogP contribution in [0, 0.1) is 20.8 Å². The predicted octanol–water partition coefficient (Wildman–Crippen LogP) is 2.88. The Bertz CT molecular complexity index is 898. The molecule has 0 atom stereocenters. The van der Waals surface area contributed by atoms with Gasteiger partial charge in [-0.2, -0.15) is 0 Å². The summed E-state index contributed by atoms with van der Waals surface area (Å²) in [6.45, 7) is 5.64. The maximum atomic E-state index is 12.4. The summed E-state index contributed by atoms with van der Waals surface area (Å²) in [6.07, 6.45) is 0. The Morgan fingerprint density at radius 3 is 2.23 bits per heavy atom. The number of carbonyl (C=O) groups excluding carboxylic acids is 1. The number of amides is 1. The molecule has 2 aromatic rings. The number of anilines is 1. The van der Waals surface area contributed by atoms with E-state index in [9.17, 15) is 13.2 Å². The highest BCUT2D eigenvalue weighted by atomic mass is 32.2. The fourth-order valence-corrected chi connectivity index (χ4v) is 3.75. The van der Waals surface area contributed by atoms with Crippen LogP contribution < -0.4 is 10.1 Å². The first-order valence-electron chi connectivity index (χ1n) is 8.15. The topological polar surface area (TPSA) is 75.7 Å². The SMILES string of the molecule is Cc1cc(C)c(OCC(=O)Nc2ccccc2S(=O)(=O)N(C)C)c(C)c1. The lowest BCUT2D eigenvalue weighted by Gasteiger charge is -2.16. The standard InChI is InChI=1S/C19H24N2O4S/c1-13-10-14(2)19(15(3)11-13)25-12-18(22)20-16-8-6-7-9-17(16)26(23,24)21(4)5/h6-11H,12H2,1-5H3,(H,20,22). The van der Waals surface area contributed by atoms with Crippen LogP contribution in [-0.4, -0.2) is 39.3 Å². The first kappa shape index (κ1) is 19.9. The fourth-order valence-electron chi connectivity index (χ4n) is 2.71. The first-order valence-corrected chi connectivity index (χ1v) is 9.59. The third-order valence-electron chi connectivity index (χ3n) is 3.87. The summed E-state index contributed by atoms with van der Waals surface area (Å²) in [5.74, 6) is 0.241. The molecular weight excluding hydrogens is 352 g/mol. The van der Waals surface area contributed by atoms with Gasteiger partial charge in [0.2, 0.25) is 10.0 Å². The van der Waals surface area contributed by atoms with Crippen LogP contribution in [0.15, 0.2) is 41.3 Å². The third kappa shape index (κ3) is 4.42. The molecule has 0 heterocycles. The number of sulfonamides is 1. The van der Waals surface area contributed by atoms with Crippen molar-refractivity contribution in [3.05, 3.63) is 53.1 Å². The molecule has 26 heavy (non-hydrogen) atoms. The lowest BCUT2D eigenvalue weighted by atomic mass is 10.1. The van der Waals surface area contributed by atoms with E-state index in [4.69, 9.17) is 4.74 Å². The number of hydrogen-bond donors (Lipinski definition) is 1. The molecular formula is C19H24N2O4S. The van der Waals surface area contributed by atoms with Gasteiger partial charge < -0.3 is 10.1 Å². The molecule has 0 saturated carbocycles. The summed E-state index contributed by atoms with van der Waals surface area (Å²) in [4.78, 5) is 12.3. The molecule has 6 nitrogen and oxygen atoms in total. The quantitative estimate of drug-likeness (QED) is 0.841. The Morgan fingerprint density at radius 1 is 1.08 bits per heavy atom. The molecule has 0 aliphatic rings. The van der Waals surface area contributed by atoms with Gasteiger partial charge in [0.05, 0.1) is 5.69 Å². The number of ether oxygens (including phenoxy) is 1. The molecule has 1 N–H and O–H groups in total. The van der Waals surface area contributed by atoms with Crippen LogP contribution in [0.3, 0.4) is 0 Å². The van der Waals surface area contributed by atoms with Crippen molar-refractivity contribution in [1.29, 1.82) is 0 Å². The molecule has 0 fully saturated rings. The first-order chi connectivity index (χ1) is 12.1. The van der Waals surface area contributed by atoms with Crippen LogP contribution in [0.4, 0.5) is 5.69 Å². The predicted molar refractivity (Wildman–Crippen MR) is 102 cm³/mol. The second kappa shape index (κ2) is 7.88. The number of aryl methyl sites for hydroxylation is 3. The molecule has 2 rings (SSSR count). The fraction of sp³-hybridized carbons (Fsp3) is 0.316. The van der Waals surface area contributed by atoms with E-state index in [1.165, 1.54) is 20.2 Å². The average molecular weight is 376 g/mol. The van der Waals surface area contributed by atoms with Gasteiger partial charge >= 0.3 is 0 Å². The second-order valence-electron chi connectivity index (χ2n) is 6.35. The van der Waals surface area contributed by atoms with E-state index in [0.717, 1.165) is 21.0 Å². The molecule has 0 unspecified atom stereocenters. The minimum atomic E-state index is -3.66. The van der Waals surface area contributed by atoms with Gasteiger partial charge in [0, 0.05) is 14.1 Å². The van der Waals surface area contributed by atoms with Crippen LogP contribution in [0.2, 0.25) is 0 Å². The van der Waals surface area contributed by atoms with Crippen molar-refractivity contribution in [2.45, 2.75) is 25.7 Å². The molecule has 0 saturated heterocycles. The van der Waals surface area contributed by atoms with Crippen LogP contribution >= 0.6 is 0 Å². The zero-order valence-corrected chi connectivity index (χ0v) is 16.5. The number of hydrogen-bond acceptors (Lipinski definition) is 4. The van der Waals surface area contributed by atoms with E-state index in [-0.39, 0.29) is 17.2 Å². The van der Waals surface area contributed by atoms with Crippen LogP contribution in [0.1, 0.15) is 16.7 Å². The number of benzene rings is 2. The Hall–Kier alpha value is -2.38. The van der Waals surface area contributed by atoms with E-state index < -0.39 is 15.9 Å². The molecule has 0 spiro atoms. The van der Waals surface area contributed by atoms with Crippen LogP contribution in [-0.2, 0) is 14.8 Å². The van der Waals surface area contributed by atoms with Crippen molar-refractivity contribution >= 4 is 21.6 Å². The maximum Gasteiger partial charge on any atom is 0.262 e. The summed E-state index contributed by atoms with van der Waals surface area (Å²) in [5.41, 5.74) is 3.25. The van der Waals surface area contributed by atoms with E-state index in [1.54, 1.807) is 18.2 Å². The van der Waals surface area contributed by atoms with Crippen molar-refractivity contribution in [1.82, 2.24) is 4.31 Å². The minimum Gasteiger partial charge on any atom is -0.483 e. The highest BCUT2D eigenvalue weighted by Gasteiger charge is 2.22. The zero-order chi connectivity index (χ0) is 19.5. The van der Waals surface area contributed by atoms with Gasteiger partial charge in [-0.05, 0) is 44.0 Å². The van der Waals surface area contributed by atoms with Gasteiger partial charge in [-0.15, -0.1) is 0 Å². The zero-order valence-electron chi connectivity index (χ0n) is 15.7. The summed E-state index contributed by atoms with van der Waals surface area (Å²) in [7, 11) is -0.772. The molecule has 0 aliphatic heterocycles. The van der Waals surface area contributed by atoms with Crippen molar-refractivity contribution in [2.24, 2.45) is 0 Å². The summed E-state index contributed by atoms with van der Waals surface area (Å²) >= 11 is 0. The third-order valence-corrected chi connectivity index (χ3v) is 5.75. The Labute approximate surface area is 154 Å². The van der Waals surface area contributed by atoms with Gasteiger partial charge in [0.1, 0.15) is 10.6 Å². The maximum absolute atomic E-state index is 12.4. The normalized spacial score (nSPS) is 11.5. The highest BCUT2D eigenvalue weighted by Crippen LogP contribution is 2.25. The van der Waals surface area contributed by atoms with Gasteiger partial charge in [0.25, 0.3) is 5.91 Å². The van der Waals surface area contributed by atoms with Crippen molar-refractivity contribution in [2.75, 3.05) is 26.0 Å². The average Bonchev–Trinajstić information content (AvgIpc) is 2.54. The largest absolute Gasteiger partial charge is 0.483 e. The van der Waals surface area contributed by atoms with Crippen molar-refractivity contribution in [3.8, 4) is 5.75 Å². The van der Waals surface area contributed by atoms with E-state index in [2.05, 4.69) is 5.32 Å². The number of carbonyl (C=O) groups is 1. The number of para-hydroxylation sites is 1. The van der Waals surface area contributed by atoms with Gasteiger partial charge in [-0.3, -0.25) is 4.79 Å². The summed E-state index contributed by atoms with van der Waals surface area (Å²) in [6, 6.07) is 10.3. The number of rotatable bonds is 6. The van der Waals surface area contributed by atoms with Crippen molar-refractivity contribution in [3.63, 3.8) is 0 Å². The number of nitrogens with zero attached hydrogens (tertiary/aromatic N) is 1. The van der Waals surface area contributed by atoms with Crippen LogP contribution in [0.5, 0.6) is 5.75 Å². The molecule has 0 aromatic heterocycles. The molecule has 0 aliphatic carbocycles. The van der Waals surface area contributed by atoms with Crippen LogP contribution in [0.25, 0.3) is 0 Å².